The van der Waals surface area contributed by atoms with E-state index in [0.29, 0.717) is 25.1 Å². The number of hydrogen-bond donors (Lipinski definition) is 0. The summed E-state index contributed by atoms with van der Waals surface area (Å²) in [4.78, 5) is 28.3. The Labute approximate surface area is 154 Å². The highest BCUT2D eigenvalue weighted by Crippen LogP contribution is 2.19. The first-order chi connectivity index (χ1) is 12.7. The Kier molecular flexibility index (Phi) is 5.89. The number of carbonyl (C=O) groups excluding carboxylic acids is 2. The summed E-state index contributed by atoms with van der Waals surface area (Å²) in [5, 5.41) is 0. The molecule has 5 heteroatoms. The molecule has 1 saturated heterocycles. The van der Waals surface area contributed by atoms with Crippen molar-refractivity contribution in [2.24, 2.45) is 0 Å². The lowest BCUT2D eigenvalue weighted by Gasteiger charge is -2.36. The fourth-order valence-corrected chi connectivity index (χ4v) is 3.22. The van der Waals surface area contributed by atoms with Crippen LogP contribution in [-0.4, -0.2) is 50.1 Å². The lowest BCUT2D eigenvalue weighted by Crippen LogP contribution is -2.48. The number of benzene rings is 2. The van der Waals surface area contributed by atoms with Gasteiger partial charge < -0.3 is 14.5 Å². The monoisotopic (exact) mass is 352 g/mol. The molecule has 0 aliphatic carbocycles. The average molecular weight is 352 g/mol. The zero-order valence-electron chi connectivity index (χ0n) is 15.1. The van der Waals surface area contributed by atoms with Crippen LogP contribution in [0.15, 0.2) is 54.6 Å². The number of methoxy groups -OCH3 is 1. The van der Waals surface area contributed by atoms with E-state index in [2.05, 4.69) is 17.0 Å². The minimum atomic E-state index is -0.332. The molecule has 0 radical (unpaired) electrons. The van der Waals surface area contributed by atoms with E-state index in [4.69, 9.17) is 4.74 Å². The number of hydrogen-bond acceptors (Lipinski definition) is 4. The Morgan fingerprint density at radius 2 is 1.69 bits per heavy atom. The molecule has 1 fully saturated rings. The summed E-state index contributed by atoms with van der Waals surface area (Å²) in [5.74, 6) is -0.126. The first-order valence-corrected chi connectivity index (χ1v) is 8.92. The third kappa shape index (κ3) is 4.42. The molecule has 3 rings (SSSR count). The SMILES string of the molecule is COC(=O)c1cccc(N2CCN(C(=O)CCc3ccccc3)CC2)c1. The lowest BCUT2D eigenvalue weighted by molar-refractivity contribution is -0.131. The minimum absolute atomic E-state index is 0.205. The van der Waals surface area contributed by atoms with E-state index in [0.717, 1.165) is 25.2 Å². The van der Waals surface area contributed by atoms with E-state index < -0.39 is 0 Å². The van der Waals surface area contributed by atoms with Gasteiger partial charge in [0.1, 0.15) is 0 Å². The summed E-state index contributed by atoms with van der Waals surface area (Å²) in [7, 11) is 1.38. The van der Waals surface area contributed by atoms with Crippen molar-refractivity contribution in [3.05, 3.63) is 65.7 Å². The van der Waals surface area contributed by atoms with Crippen molar-refractivity contribution in [2.45, 2.75) is 12.8 Å². The van der Waals surface area contributed by atoms with Gasteiger partial charge in [-0.3, -0.25) is 4.79 Å². The smallest absolute Gasteiger partial charge is 0.337 e. The van der Waals surface area contributed by atoms with Crippen molar-refractivity contribution in [1.29, 1.82) is 0 Å². The molecular formula is C21H24N2O3. The molecule has 2 aromatic rings. The number of amides is 1. The number of rotatable bonds is 5. The summed E-state index contributed by atoms with van der Waals surface area (Å²) in [6.07, 6.45) is 1.32. The fourth-order valence-electron chi connectivity index (χ4n) is 3.22. The van der Waals surface area contributed by atoms with Gasteiger partial charge in [0.15, 0.2) is 0 Å². The number of ether oxygens (including phenoxy) is 1. The number of anilines is 1. The van der Waals surface area contributed by atoms with Crippen LogP contribution in [0.25, 0.3) is 0 Å². The highest BCUT2D eigenvalue weighted by molar-refractivity contribution is 5.90. The second-order valence-corrected chi connectivity index (χ2v) is 6.40. The molecule has 1 aliphatic rings. The molecule has 2 aromatic carbocycles. The number of nitrogens with zero attached hydrogens (tertiary/aromatic N) is 2. The maximum Gasteiger partial charge on any atom is 0.337 e. The zero-order valence-corrected chi connectivity index (χ0v) is 15.1. The van der Waals surface area contributed by atoms with Gasteiger partial charge in [0.2, 0.25) is 5.91 Å². The Bertz CT molecular complexity index is 753. The summed E-state index contributed by atoms with van der Waals surface area (Å²) in [5.41, 5.74) is 2.73. The van der Waals surface area contributed by atoms with Crippen LogP contribution in [0.1, 0.15) is 22.3 Å². The molecule has 0 saturated carbocycles. The van der Waals surface area contributed by atoms with Gasteiger partial charge in [-0.15, -0.1) is 0 Å². The summed E-state index contributed by atoms with van der Waals surface area (Å²) in [6.45, 7) is 2.94. The maximum absolute atomic E-state index is 12.4. The Balaban J connectivity index is 1.52. The quantitative estimate of drug-likeness (QED) is 0.777. The molecule has 0 bridgehead atoms. The standard InChI is InChI=1S/C21H24N2O3/c1-26-21(25)18-8-5-9-19(16-18)22-12-14-23(15-13-22)20(24)11-10-17-6-3-2-4-7-17/h2-9,16H,10-15H2,1H3. The molecule has 0 aromatic heterocycles. The minimum Gasteiger partial charge on any atom is -0.465 e. The van der Waals surface area contributed by atoms with Gasteiger partial charge >= 0.3 is 5.97 Å². The third-order valence-corrected chi connectivity index (χ3v) is 4.74. The molecule has 0 atom stereocenters. The van der Waals surface area contributed by atoms with Gasteiger partial charge in [0.25, 0.3) is 0 Å². The molecular weight excluding hydrogens is 328 g/mol. The first-order valence-electron chi connectivity index (χ1n) is 8.92. The normalized spacial score (nSPS) is 14.2. The molecule has 26 heavy (non-hydrogen) atoms. The van der Waals surface area contributed by atoms with Gasteiger partial charge in [-0.25, -0.2) is 4.79 Å². The highest BCUT2D eigenvalue weighted by Gasteiger charge is 2.21. The van der Waals surface area contributed by atoms with Crippen molar-refractivity contribution >= 4 is 17.6 Å². The highest BCUT2D eigenvalue weighted by atomic mass is 16.5. The number of carbonyl (C=O) groups is 2. The van der Waals surface area contributed by atoms with Crippen molar-refractivity contribution in [3.8, 4) is 0 Å². The third-order valence-electron chi connectivity index (χ3n) is 4.74. The van der Waals surface area contributed by atoms with E-state index in [1.807, 2.05) is 41.3 Å². The number of esters is 1. The summed E-state index contributed by atoms with van der Waals surface area (Å²) >= 11 is 0. The Morgan fingerprint density at radius 3 is 2.38 bits per heavy atom. The van der Waals surface area contributed by atoms with Crippen LogP contribution in [0.2, 0.25) is 0 Å². The van der Waals surface area contributed by atoms with E-state index in [-0.39, 0.29) is 11.9 Å². The average Bonchev–Trinajstić information content (AvgIpc) is 2.72. The summed E-state index contributed by atoms with van der Waals surface area (Å²) in [6, 6.07) is 17.5. The molecule has 1 amide bonds. The van der Waals surface area contributed by atoms with Crippen LogP contribution in [0, 0.1) is 0 Å². The lowest BCUT2D eigenvalue weighted by atomic mass is 10.1. The largest absolute Gasteiger partial charge is 0.465 e. The van der Waals surface area contributed by atoms with E-state index >= 15 is 0 Å². The summed E-state index contributed by atoms with van der Waals surface area (Å²) < 4.78 is 4.78. The second kappa shape index (κ2) is 8.52. The van der Waals surface area contributed by atoms with Gasteiger partial charge in [-0.05, 0) is 30.2 Å². The predicted molar refractivity (Wildman–Crippen MR) is 101 cm³/mol. The number of piperazine rings is 1. The molecule has 0 unspecified atom stereocenters. The van der Waals surface area contributed by atoms with E-state index in [9.17, 15) is 9.59 Å². The fraction of sp³-hybridized carbons (Fsp3) is 0.333. The van der Waals surface area contributed by atoms with Gasteiger partial charge in [-0.2, -0.15) is 0 Å². The van der Waals surface area contributed by atoms with Crippen LogP contribution < -0.4 is 4.90 Å². The van der Waals surface area contributed by atoms with Crippen molar-refractivity contribution in [3.63, 3.8) is 0 Å². The van der Waals surface area contributed by atoms with Gasteiger partial charge in [0, 0.05) is 38.3 Å². The molecule has 5 nitrogen and oxygen atoms in total. The maximum atomic E-state index is 12.4. The predicted octanol–water partition coefficient (Wildman–Crippen LogP) is 2.75. The molecule has 136 valence electrons. The van der Waals surface area contributed by atoms with E-state index in [1.54, 1.807) is 6.07 Å². The Morgan fingerprint density at radius 1 is 0.962 bits per heavy atom. The van der Waals surface area contributed by atoms with E-state index in [1.165, 1.54) is 12.7 Å². The Hall–Kier alpha value is -2.82. The van der Waals surface area contributed by atoms with Crippen LogP contribution in [-0.2, 0) is 16.0 Å². The van der Waals surface area contributed by atoms with Crippen molar-refractivity contribution in [1.82, 2.24) is 4.90 Å². The topological polar surface area (TPSA) is 49.9 Å². The van der Waals surface area contributed by atoms with Crippen molar-refractivity contribution in [2.75, 3.05) is 38.2 Å². The zero-order chi connectivity index (χ0) is 18.4. The van der Waals surface area contributed by atoms with Crippen molar-refractivity contribution < 1.29 is 14.3 Å². The van der Waals surface area contributed by atoms with Crippen LogP contribution in [0.4, 0.5) is 5.69 Å². The first kappa shape index (κ1) is 18.0. The van der Waals surface area contributed by atoms with Crippen LogP contribution in [0.3, 0.4) is 0 Å². The van der Waals surface area contributed by atoms with Crippen LogP contribution in [0.5, 0.6) is 0 Å². The number of aryl methyl sites for hydroxylation is 1. The molecule has 1 heterocycles. The van der Waals surface area contributed by atoms with Gasteiger partial charge in [-0.1, -0.05) is 36.4 Å². The van der Waals surface area contributed by atoms with Crippen LogP contribution >= 0.6 is 0 Å². The molecule has 0 spiro atoms. The molecule has 1 aliphatic heterocycles. The molecule has 0 N–H and O–H groups in total. The second-order valence-electron chi connectivity index (χ2n) is 6.40. The van der Waals surface area contributed by atoms with Gasteiger partial charge in [0.05, 0.1) is 12.7 Å².